The van der Waals surface area contributed by atoms with Crippen LogP contribution in [0.1, 0.15) is 37.5 Å². The fourth-order valence-corrected chi connectivity index (χ4v) is 2.37. The Bertz CT molecular complexity index is 364. The predicted molar refractivity (Wildman–Crippen MR) is 78.2 cm³/mol. The van der Waals surface area contributed by atoms with Gasteiger partial charge in [0.25, 0.3) is 0 Å². The molecule has 0 saturated heterocycles. The van der Waals surface area contributed by atoms with E-state index in [-0.39, 0.29) is 5.60 Å². The van der Waals surface area contributed by atoms with Crippen LogP contribution in [0.15, 0.2) is 18.2 Å². The highest BCUT2D eigenvalue weighted by molar-refractivity contribution is 5.29. The number of rotatable bonds is 6. The van der Waals surface area contributed by atoms with E-state index in [4.69, 9.17) is 4.74 Å². The summed E-state index contributed by atoms with van der Waals surface area (Å²) in [5, 5.41) is 3.54. The Morgan fingerprint density at radius 2 is 1.72 bits per heavy atom. The van der Waals surface area contributed by atoms with Gasteiger partial charge in [-0.25, -0.2) is 0 Å². The molecule has 1 N–H and O–H groups in total. The smallest absolute Gasteiger partial charge is 0.0778 e. The molecule has 0 aliphatic carbocycles. The lowest BCUT2D eigenvalue weighted by Crippen LogP contribution is -2.49. The van der Waals surface area contributed by atoms with Crippen LogP contribution < -0.4 is 5.32 Å². The molecule has 1 atom stereocenters. The Balaban J connectivity index is 2.89. The predicted octanol–water partition coefficient (Wildman–Crippen LogP) is 3.25. The first-order valence-electron chi connectivity index (χ1n) is 6.74. The number of ether oxygens (including phenoxy) is 1. The maximum Gasteiger partial charge on any atom is 0.0778 e. The van der Waals surface area contributed by atoms with Crippen LogP contribution in [0.4, 0.5) is 0 Å². The van der Waals surface area contributed by atoms with Gasteiger partial charge >= 0.3 is 0 Å². The zero-order valence-electron chi connectivity index (χ0n) is 12.6. The Labute approximate surface area is 112 Å². The summed E-state index contributed by atoms with van der Waals surface area (Å²) in [5.41, 5.74) is 3.88. The molecule has 0 fully saturated rings. The van der Waals surface area contributed by atoms with Crippen LogP contribution in [-0.2, 0) is 11.2 Å². The van der Waals surface area contributed by atoms with Crippen molar-refractivity contribution in [1.82, 2.24) is 5.32 Å². The first kappa shape index (κ1) is 15.2. The molecule has 1 aromatic rings. The lowest BCUT2D eigenvalue weighted by Gasteiger charge is -2.34. The van der Waals surface area contributed by atoms with Gasteiger partial charge in [-0.2, -0.15) is 0 Å². The number of aryl methyl sites for hydroxylation is 2. The van der Waals surface area contributed by atoms with Gasteiger partial charge in [0.05, 0.1) is 5.60 Å². The molecule has 0 aliphatic rings. The third-order valence-electron chi connectivity index (χ3n) is 3.54. The highest BCUT2D eigenvalue weighted by atomic mass is 16.5. The number of methoxy groups -OCH3 is 1. The summed E-state index contributed by atoms with van der Waals surface area (Å²) in [6.45, 7) is 11.7. The topological polar surface area (TPSA) is 21.3 Å². The minimum absolute atomic E-state index is 0.159. The highest BCUT2D eigenvalue weighted by Gasteiger charge is 2.28. The van der Waals surface area contributed by atoms with Crippen LogP contribution >= 0.6 is 0 Å². The molecule has 18 heavy (non-hydrogen) atoms. The second-order valence-corrected chi connectivity index (χ2v) is 5.62. The monoisotopic (exact) mass is 249 g/mol. The van der Waals surface area contributed by atoms with E-state index in [2.05, 4.69) is 58.1 Å². The van der Waals surface area contributed by atoms with Crippen LogP contribution in [0.5, 0.6) is 0 Å². The number of nitrogens with one attached hydrogen (secondary N) is 1. The third-order valence-corrected chi connectivity index (χ3v) is 3.54. The van der Waals surface area contributed by atoms with Gasteiger partial charge in [0.15, 0.2) is 0 Å². The molecule has 0 spiro atoms. The lowest BCUT2D eigenvalue weighted by molar-refractivity contribution is -0.00960. The largest absolute Gasteiger partial charge is 0.377 e. The second-order valence-electron chi connectivity index (χ2n) is 5.62. The van der Waals surface area contributed by atoms with Gasteiger partial charge in [-0.1, -0.05) is 36.2 Å². The molecule has 0 bridgehead atoms. The number of benzene rings is 1. The van der Waals surface area contributed by atoms with E-state index in [0.29, 0.717) is 6.04 Å². The van der Waals surface area contributed by atoms with Crippen molar-refractivity contribution in [2.75, 3.05) is 13.7 Å². The molecule has 1 rings (SSSR count). The summed E-state index contributed by atoms with van der Waals surface area (Å²) in [4.78, 5) is 0. The zero-order chi connectivity index (χ0) is 13.8. The maximum atomic E-state index is 5.62. The Hall–Kier alpha value is -0.860. The molecule has 102 valence electrons. The van der Waals surface area contributed by atoms with Crippen molar-refractivity contribution in [3.05, 3.63) is 34.9 Å². The Kier molecular flexibility index (Phi) is 5.36. The molecule has 0 aliphatic heterocycles. The fraction of sp³-hybridized carbons (Fsp3) is 0.625. The second kappa shape index (κ2) is 6.35. The molecular weight excluding hydrogens is 222 g/mol. The van der Waals surface area contributed by atoms with Gasteiger partial charge in [-0.3, -0.25) is 0 Å². The fourth-order valence-electron chi connectivity index (χ4n) is 2.37. The lowest BCUT2D eigenvalue weighted by atomic mass is 9.91. The van der Waals surface area contributed by atoms with Crippen molar-refractivity contribution in [2.24, 2.45) is 0 Å². The molecular formula is C16H27NO. The quantitative estimate of drug-likeness (QED) is 0.835. The normalized spacial score (nSPS) is 13.7. The summed E-state index contributed by atoms with van der Waals surface area (Å²) in [7, 11) is 1.78. The van der Waals surface area contributed by atoms with Crippen LogP contribution in [0.25, 0.3) is 0 Å². The van der Waals surface area contributed by atoms with Gasteiger partial charge in [-0.05, 0) is 46.2 Å². The maximum absolute atomic E-state index is 5.62. The highest BCUT2D eigenvalue weighted by Crippen LogP contribution is 2.19. The summed E-state index contributed by atoms with van der Waals surface area (Å²) >= 11 is 0. The van der Waals surface area contributed by atoms with Crippen LogP contribution in [-0.4, -0.2) is 25.3 Å². The molecule has 2 nitrogen and oxygen atoms in total. The number of likely N-dealkylation sites (N-methyl/N-ethyl adjacent to an activating group) is 1. The van der Waals surface area contributed by atoms with Crippen LogP contribution in [0.3, 0.4) is 0 Å². The average Bonchev–Trinajstić information content (AvgIpc) is 2.27. The summed E-state index contributed by atoms with van der Waals surface area (Å²) in [6, 6.07) is 7.08. The van der Waals surface area contributed by atoms with E-state index in [0.717, 1.165) is 13.0 Å². The number of hydrogen-bond donors (Lipinski definition) is 1. The van der Waals surface area contributed by atoms with E-state index in [1.165, 1.54) is 16.7 Å². The third kappa shape index (κ3) is 4.11. The summed E-state index contributed by atoms with van der Waals surface area (Å²) in [5.74, 6) is 0. The molecule has 0 saturated carbocycles. The molecule has 1 aromatic carbocycles. The van der Waals surface area contributed by atoms with Crippen LogP contribution in [0, 0.1) is 13.8 Å². The van der Waals surface area contributed by atoms with E-state index >= 15 is 0 Å². The number of hydrogen-bond acceptors (Lipinski definition) is 2. The SMILES string of the molecule is CCNC(Cc1cc(C)cc(C)c1)C(C)(C)OC. The van der Waals surface area contributed by atoms with E-state index in [1.54, 1.807) is 7.11 Å². The molecule has 0 amide bonds. The van der Waals surface area contributed by atoms with Crippen molar-refractivity contribution < 1.29 is 4.74 Å². The average molecular weight is 249 g/mol. The summed E-state index contributed by atoms with van der Waals surface area (Å²) < 4.78 is 5.62. The first-order valence-corrected chi connectivity index (χ1v) is 6.74. The standard InChI is InChI=1S/C16H27NO/c1-7-17-15(16(4,5)18-6)11-14-9-12(2)8-13(3)10-14/h8-10,15,17H,7,11H2,1-6H3. The Morgan fingerprint density at radius 1 is 1.17 bits per heavy atom. The molecule has 0 heterocycles. The van der Waals surface area contributed by atoms with Gasteiger partial charge in [-0.15, -0.1) is 0 Å². The van der Waals surface area contributed by atoms with Crippen molar-refractivity contribution in [3.63, 3.8) is 0 Å². The van der Waals surface area contributed by atoms with Crippen molar-refractivity contribution in [1.29, 1.82) is 0 Å². The van der Waals surface area contributed by atoms with E-state index in [1.807, 2.05) is 0 Å². The zero-order valence-corrected chi connectivity index (χ0v) is 12.6. The van der Waals surface area contributed by atoms with Crippen molar-refractivity contribution in [3.8, 4) is 0 Å². The minimum atomic E-state index is -0.159. The van der Waals surface area contributed by atoms with Gasteiger partial charge < -0.3 is 10.1 Å². The Morgan fingerprint density at radius 3 is 2.17 bits per heavy atom. The van der Waals surface area contributed by atoms with Crippen molar-refractivity contribution in [2.45, 2.75) is 52.7 Å². The minimum Gasteiger partial charge on any atom is -0.377 e. The van der Waals surface area contributed by atoms with Gasteiger partial charge in [0, 0.05) is 13.2 Å². The van der Waals surface area contributed by atoms with E-state index in [9.17, 15) is 0 Å². The van der Waals surface area contributed by atoms with Gasteiger partial charge in [0.2, 0.25) is 0 Å². The molecule has 1 unspecified atom stereocenters. The van der Waals surface area contributed by atoms with E-state index < -0.39 is 0 Å². The molecule has 0 radical (unpaired) electrons. The first-order chi connectivity index (χ1) is 8.39. The van der Waals surface area contributed by atoms with Crippen molar-refractivity contribution >= 4 is 0 Å². The van der Waals surface area contributed by atoms with Gasteiger partial charge in [0.1, 0.15) is 0 Å². The van der Waals surface area contributed by atoms with Crippen LogP contribution in [0.2, 0.25) is 0 Å². The summed E-state index contributed by atoms with van der Waals surface area (Å²) in [6.07, 6.45) is 0.997. The molecule has 2 heteroatoms. The molecule has 0 aromatic heterocycles.